The number of rotatable bonds is 8. The predicted molar refractivity (Wildman–Crippen MR) is 83.4 cm³/mol. The fourth-order valence-electron chi connectivity index (χ4n) is 2.45. The van der Waals surface area contributed by atoms with Crippen LogP contribution in [0.15, 0.2) is 18.2 Å². The van der Waals surface area contributed by atoms with Crippen LogP contribution in [-0.4, -0.2) is 36.4 Å². The van der Waals surface area contributed by atoms with Gasteiger partial charge in [-0.3, -0.25) is 9.69 Å². The second-order valence-corrected chi connectivity index (χ2v) is 4.70. The molecule has 0 radical (unpaired) electrons. The van der Waals surface area contributed by atoms with E-state index >= 15 is 0 Å². The maximum Gasteiger partial charge on any atom is 0.180 e. The number of nitrogen functional groups attached to an aromatic ring is 1. The molecule has 0 aliphatic carbocycles. The monoisotopic (exact) mass is 278 g/mol. The fourth-order valence-corrected chi connectivity index (χ4v) is 2.45. The Hall–Kier alpha value is -1.55. The zero-order valence-electron chi connectivity index (χ0n) is 13.0. The van der Waals surface area contributed by atoms with Crippen molar-refractivity contribution in [2.75, 3.05) is 25.4 Å². The van der Waals surface area contributed by atoms with Gasteiger partial charge < -0.3 is 10.5 Å². The molecule has 0 fully saturated rings. The number of hydrogen-bond donors (Lipinski definition) is 1. The van der Waals surface area contributed by atoms with Crippen molar-refractivity contribution in [2.24, 2.45) is 0 Å². The zero-order chi connectivity index (χ0) is 15.1. The maximum atomic E-state index is 12.6. The first-order chi connectivity index (χ1) is 9.58. The Morgan fingerprint density at radius 3 is 2.35 bits per heavy atom. The van der Waals surface area contributed by atoms with Crippen LogP contribution < -0.4 is 10.5 Å². The van der Waals surface area contributed by atoms with Crippen LogP contribution in [0.1, 0.15) is 44.5 Å². The molecule has 112 valence electrons. The number of Topliss-reactive ketones (excluding diaryl/α,β-unsaturated/α-hetero) is 1. The number of ether oxygens (including phenoxy) is 1. The molecule has 0 saturated carbocycles. The highest BCUT2D eigenvalue weighted by Gasteiger charge is 2.23. The Balaban J connectivity index is 2.98. The summed E-state index contributed by atoms with van der Waals surface area (Å²) < 4.78 is 5.40. The lowest BCUT2D eigenvalue weighted by Gasteiger charge is -2.27. The molecule has 1 aromatic rings. The van der Waals surface area contributed by atoms with Crippen LogP contribution in [0, 0.1) is 0 Å². The van der Waals surface area contributed by atoms with E-state index in [2.05, 4.69) is 18.7 Å². The van der Waals surface area contributed by atoms with E-state index in [1.807, 2.05) is 13.8 Å². The second-order valence-electron chi connectivity index (χ2n) is 4.70. The summed E-state index contributed by atoms with van der Waals surface area (Å²) in [6.07, 6.45) is 0.799. The number of benzene rings is 1. The molecule has 0 aliphatic rings. The maximum absolute atomic E-state index is 12.6. The van der Waals surface area contributed by atoms with Gasteiger partial charge in [-0.15, -0.1) is 0 Å². The molecule has 1 rings (SSSR count). The Labute approximate surface area is 121 Å². The Bertz CT molecular complexity index is 442. The summed E-state index contributed by atoms with van der Waals surface area (Å²) >= 11 is 0. The highest BCUT2D eigenvalue weighted by atomic mass is 16.5. The van der Waals surface area contributed by atoms with Crippen molar-refractivity contribution in [1.82, 2.24) is 4.90 Å². The van der Waals surface area contributed by atoms with Gasteiger partial charge in [-0.1, -0.05) is 20.8 Å². The number of ketones is 1. The summed E-state index contributed by atoms with van der Waals surface area (Å²) in [7, 11) is 0. The third-order valence-corrected chi connectivity index (χ3v) is 3.54. The molecule has 2 N–H and O–H groups in total. The van der Waals surface area contributed by atoms with Gasteiger partial charge in [0.1, 0.15) is 5.75 Å². The summed E-state index contributed by atoms with van der Waals surface area (Å²) in [6.45, 7) is 10.4. The standard InChI is InChI=1S/C16H26N2O2/c1-5-14(18(6-2)7-3)16(19)12-9-10-15(20-8-4)13(17)11-12/h9-11,14H,5-8,17H2,1-4H3. The Morgan fingerprint density at radius 1 is 1.25 bits per heavy atom. The van der Waals surface area contributed by atoms with Crippen molar-refractivity contribution in [2.45, 2.75) is 40.2 Å². The van der Waals surface area contributed by atoms with Gasteiger partial charge in [0.15, 0.2) is 5.78 Å². The lowest BCUT2D eigenvalue weighted by molar-refractivity contribution is 0.0826. The number of carbonyl (C=O) groups excluding carboxylic acids is 1. The number of carbonyl (C=O) groups is 1. The lowest BCUT2D eigenvalue weighted by atomic mass is 10.00. The largest absolute Gasteiger partial charge is 0.492 e. The summed E-state index contributed by atoms with van der Waals surface area (Å²) in [5, 5.41) is 0. The lowest BCUT2D eigenvalue weighted by Crippen LogP contribution is -2.40. The van der Waals surface area contributed by atoms with Crippen LogP contribution in [0.25, 0.3) is 0 Å². The van der Waals surface area contributed by atoms with E-state index in [-0.39, 0.29) is 11.8 Å². The normalized spacial score (nSPS) is 12.4. The molecule has 1 unspecified atom stereocenters. The van der Waals surface area contributed by atoms with Crippen molar-refractivity contribution >= 4 is 11.5 Å². The van der Waals surface area contributed by atoms with Crippen molar-refractivity contribution < 1.29 is 9.53 Å². The highest BCUT2D eigenvalue weighted by Crippen LogP contribution is 2.24. The van der Waals surface area contributed by atoms with Gasteiger partial charge in [-0.25, -0.2) is 0 Å². The second kappa shape index (κ2) is 7.90. The smallest absolute Gasteiger partial charge is 0.180 e. The Kier molecular flexibility index (Phi) is 6.52. The van der Waals surface area contributed by atoms with Crippen molar-refractivity contribution in [3.63, 3.8) is 0 Å². The van der Waals surface area contributed by atoms with Gasteiger partial charge in [0.2, 0.25) is 0 Å². The van der Waals surface area contributed by atoms with Crippen LogP contribution in [-0.2, 0) is 0 Å². The molecule has 0 aliphatic heterocycles. The van der Waals surface area contributed by atoms with Gasteiger partial charge in [0.05, 0.1) is 18.3 Å². The van der Waals surface area contributed by atoms with E-state index in [1.165, 1.54) is 0 Å². The van der Waals surface area contributed by atoms with Crippen LogP contribution in [0.4, 0.5) is 5.69 Å². The number of nitrogens with two attached hydrogens (primary N) is 1. The molecule has 1 atom stereocenters. The van der Waals surface area contributed by atoms with E-state index in [1.54, 1.807) is 18.2 Å². The van der Waals surface area contributed by atoms with Crippen molar-refractivity contribution in [3.05, 3.63) is 23.8 Å². The minimum atomic E-state index is -0.0812. The van der Waals surface area contributed by atoms with Crippen LogP contribution in [0.3, 0.4) is 0 Å². The first-order valence-corrected chi connectivity index (χ1v) is 7.39. The quantitative estimate of drug-likeness (QED) is 0.586. The van der Waals surface area contributed by atoms with Crippen LogP contribution >= 0.6 is 0 Å². The van der Waals surface area contributed by atoms with E-state index in [0.717, 1.165) is 19.5 Å². The summed E-state index contributed by atoms with van der Waals surface area (Å²) in [4.78, 5) is 14.8. The van der Waals surface area contributed by atoms with Gasteiger partial charge in [0.25, 0.3) is 0 Å². The van der Waals surface area contributed by atoms with Crippen molar-refractivity contribution in [1.29, 1.82) is 0 Å². The first-order valence-electron chi connectivity index (χ1n) is 7.39. The fraction of sp³-hybridized carbons (Fsp3) is 0.562. The molecular weight excluding hydrogens is 252 g/mol. The predicted octanol–water partition coefficient (Wildman–Crippen LogP) is 2.97. The minimum Gasteiger partial charge on any atom is -0.492 e. The summed E-state index contributed by atoms with van der Waals surface area (Å²) in [5.74, 6) is 0.769. The van der Waals surface area contributed by atoms with Gasteiger partial charge in [-0.2, -0.15) is 0 Å². The van der Waals surface area contributed by atoms with Crippen molar-refractivity contribution in [3.8, 4) is 5.75 Å². The molecule has 0 amide bonds. The number of nitrogens with zero attached hydrogens (tertiary/aromatic N) is 1. The minimum absolute atomic E-state index is 0.0812. The molecule has 4 heteroatoms. The van der Waals surface area contributed by atoms with E-state index in [9.17, 15) is 4.79 Å². The molecule has 20 heavy (non-hydrogen) atoms. The average molecular weight is 278 g/mol. The topological polar surface area (TPSA) is 55.6 Å². The zero-order valence-corrected chi connectivity index (χ0v) is 13.0. The molecule has 4 nitrogen and oxygen atoms in total. The third kappa shape index (κ3) is 3.73. The average Bonchev–Trinajstić information content (AvgIpc) is 2.46. The SMILES string of the molecule is CCOc1ccc(C(=O)C(CC)N(CC)CC)cc1N. The molecule has 0 heterocycles. The van der Waals surface area contributed by atoms with E-state index in [0.29, 0.717) is 23.6 Å². The van der Waals surface area contributed by atoms with Crippen LogP contribution in [0.5, 0.6) is 5.75 Å². The van der Waals surface area contributed by atoms with Gasteiger partial charge in [-0.05, 0) is 44.6 Å². The van der Waals surface area contributed by atoms with Gasteiger partial charge >= 0.3 is 0 Å². The molecular formula is C16H26N2O2. The van der Waals surface area contributed by atoms with E-state index < -0.39 is 0 Å². The molecule has 0 bridgehead atoms. The highest BCUT2D eigenvalue weighted by molar-refractivity contribution is 6.01. The third-order valence-electron chi connectivity index (χ3n) is 3.54. The molecule has 1 aromatic carbocycles. The number of anilines is 1. The number of likely N-dealkylation sites (N-methyl/N-ethyl adjacent to an activating group) is 1. The van der Waals surface area contributed by atoms with Crippen LogP contribution in [0.2, 0.25) is 0 Å². The Morgan fingerprint density at radius 2 is 1.90 bits per heavy atom. The first kappa shape index (κ1) is 16.5. The summed E-state index contributed by atoms with van der Waals surface area (Å²) in [5.41, 5.74) is 7.11. The van der Waals surface area contributed by atoms with Gasteiger partial charge in [0, 0.05) is 5.56 Å². The summed E-state index contributed by atoms with van der Waals surface area (Å²) in [6, 6.07) is 5.22. The molecule has 0 aromatic heterocycles. The molecule has 0 saturated heterocycles. The number of hydrogen-bond acceptors (Lipinski definition) is 4. The molecule has 0 spiro atoms. The van der Waals surface area contributed by atoms with E-state index in [4.69, 9.17) is 10.5 Å².